The van der Waals surface area contributed by atoms with E-state index in [2.05, 4.69) is 0 Å². The third kappa shape index (κ3) is 7610. The van der Waals surface area contributed by atoms with Crippen LogP contribution in [0.5, 0.6) is 0 Å². The molecular formula is CH7F6O4P. The van der Waals surface area contributed by atoms with E-state index in [1.807, 2.05) is 0 Å². The van der Waals surface area contributed by atoms with E-state index in [1.54, 1.807) is 0 Å². The number of hydrogen-bond donors (Lipinski definition) is 3. The maximum atomic E-state index is 9.67. The Morgan fingerprint density at radius 1 is 0.917 bits per heavy atom. The van der Waals surface area contributed by atoms with Crippen molar-refractivity contribution < 1.29 is 46.5 Å². The summed E-state index contributed by atoms with van der Waals surface area (Å²) in [6.07, 6.45) is 0. The van der Waals surface area contributed by atoms with Crippen molar-refractivity contribution in [2.75, 3.05) is 0 Å². The van der Waals surface area contributed by atoms with Crippen molar-refractivity contribution in [2.24, 2.45) is 0 Å². The molecule has 0 aliphatic heterocycles. The third-order valence-electron chi connectivity index (χ3n) is 0. The van der Waals surface area contributed by atoms with Crippen LogP contribution in [0.3, 0.4) is 0 Å². The average molecular weight is 228 g/mol. The monoisotopic (exact) mass is 228 g/mol. The molecule has 3 N–H and O–H groups in total. The van der Waals surface area contributed by atoms with Crippen LogP contribution in [0.4, 0.5) is 27.3 Å². The van der Waals surface area contributed by atoms with Gasteiger partial charge < -0.3 is 14.7 Å². The minimum absolute atomic E-state index is 0. The Labute approximate surface area is 62.4 Å². The molecule has 0 atom stereocenters. The van der Waals surface area contributed by atoms with Crippen LogP contribution in [0, 0.1) is 0 Å². The Bertz CT molecular complexity index is 90.7. The fourth-order valence-electron chi connectivity index (χ4n) is 0. The summed E-state index contributed by atoms with van der Waals surface area (Å²) in [6.45, 7) is -3.67. The van der Waals surface area contributed by atoms with Crippen LogP contribution >= 0.6 is 7.82 Å². The van der Waals surface area contributed by atoms with Crippen LogP contribution in [0.15, 0.2) is 0 Å². The SMILES string of the molecule is F.F.F.FC(F)F.O=P(O)(O)O. The van der Waals surface area contributed by atoms with E-state index in [0.717, 1.165) is 0 Å². The van der Waals surface area contributed by atoms with Crippen LogP contribution in [0.1, 0.15) is 0 Å². The van der Waals surface area contributed by atoms with E-state index in [1.165, 1.54) is 0 Å². The number of hydrogen-bond acceptors (Lipinski definition) is 1. The summed E-state index contributed by atoms with van der Waals surface area (Å²) in [5, 5.41) is 0. The first-order valence-electron chi connectivity index (χ1n) is 1.44. The lowest BCUT2D eigenvalue weighted by Crippen LogP contribution is -1.66. The van der Waals surface area contributed by atoms with Crippen molar-refractivity contribution in [1.29, 1.82) is 0 Å². The minimum atomic E-state index is -4.64. The molecule has 12 heavy (non-hydrogen) atoms. The molecule has 0 spiro atoms. The van der Waals surface area contributed by atoms with Gasteiger partial charge in [-0.25, -0.2) is 4.57 Å². The van der Waals surface area contributed by atoms with Crippen LogP contribution in [-0.2, 0) is 4.57 Å². The molecule has 0 aliphatic rings. The summed E-state index contributed by atoms with van der Waals surface area (Å²) in [5.41, 5.74) is 0. The number of rotatable bonds is 0. The zero-order valence-electron chi connectivity index (χ0n) is 5.13. The molecule has 0 aromatic rings. The van der Waals surface area contributed by atoms with E-state index in [-0.39, 0.29) is 14.1 Å². The van der Waals surface area contributed by atoms with Gasteiger partial charge in [-0.15, -0.1) is 0 Å². The molecule has 0 rings (SSSR count). The van der Waals surface area contributed by atoms with E-state index in [4.69, 9.17) is 19.2 Å². The standard InChI is InChI=1S/CHF3.3FH.H3O4P/c2-1(3)4;;;;1-5(2,3)4/h1H;3*1H;(H3,1,2,3,4). The highest BCUT2D eigenvalue weighted by Crippen LogP contribution is 2.25. The van der Waals surface area contributed by atoms with Gasteiger partial charge in [-0.05, 0) is 0 Å². The molecule has 0 aliphatic carbocycles. The first kappa shape index (κ1) is 29.8. The molecular weight excluding hydrogens is 221 g/mol. The molecule has 82 valence electrons. The molecule has 0 unspecified atom stereocenters. The Hall–Kier alpha value is -0.310. The predicted molar refractivity (Wildman–Crippen MR) is 28.9 cm³/mol. The van der Waals surface area contributed by atoms with Gasteiger partial charge in [0.25, 0.3) is 0 Å². The zero-order valence-corrected chi connectivity index (χ0v) is 6.03. The highest BCUT2D eigenvalue weighted by atomic mass is 31.2. The van der Waals surface area contributed by atoms with Gasteiger partial charge in [-0.2, -0.15) is 13.2 Å². The summed E-state index contributed by atoms with van der Waals surface area (Å²) in [4.78, 5) is 21.6. The summed E-state index contributed by atoms with van der Waals surface area (Å²) in [5.74, 6) is 0. The van der Waals surface area contributed by atoms with Gasteiger partial charge in [0.2, 0.25) is 0 Å². The van der Waals surface area contributed by atoms with Gasteiger partial charge in [-0.1, -0.05) is 0 Å². The Morgan fingerprint density at radius 2 is 0.917 bits per heavy atom. The normalized spacial score (nSPS) is 7.92. The number of alkyl halides is 3. The maximum Gasteiger partial charge on any atom is 0.466 e. The van der Waals surface area contributed by atoms with Crippen molar-refractivity contribution in [2.45, 2.75) is 6.68 Å². The maximum absolute atomic E-state index is 9.67. The fourth-order valence-corrected chi connectivity index (χ4v) is 0. The van der Waals surface area contributed by atoms with Crippen molar-refractivity contribution in [3.8, 4) is 0 Å². The second-order valence-electron chi connectivity index (χ2n) is 0.761. The van der Waals surface area contributed by atoms with Gasteiger partial charge in [0.15, 0.2) is 0 Å². The highest BCUT2D eigenvalue weighted by molar-refractivity contribution is 7.45. The van der Waals surface area contributed by atoms with Crippen molar-refractivity contribution >= 4 is 7.82 Å². The Morgan fingerprint density at radius 3 is 0.917 bits per heavy atom. The van der Waals surface area contributed by atoms with E-state index < -0.39 is 14.5 Å². The third-order valence-corrected chi connectivity index (χ3v) is 0. The fraction of sp³-hybridized carbons (Fsp3) is 1.00. The van der Waals surface area contributed by atoms with Gasteiger partial charge in [0, 0.05) is 0 Å². The molecule has 0 amide bonds. The number of halogens is 6. The molecule has 0 fully saturated rings. The van der Waals surface area contributed by atoms with Gasteiger partial charge in [0.1, 0.15) is 0 Å². The molecule has 0 aromatic heterocycles. The average Bonchev–Trinajstić information content (AvgIpc) is 1.19. The van der Waals surface area contributed by atoms with Crippen molar-refractivity contribution in [3.63, 3.8) is 0 Å². The molecule has 0 heterocycles. The van der Waals surface area contributed by atoms with Gasteiger partial charge >= 0.3 is 14.5 Å². The lowest BCUT2D eigenvalue weighted by Gasteiger charge is -1.82. The van der Waals surface area contributed by atoms with Crippen LogP contribution in [-0.4, -0.2) is 21.4 Å². The smallest absolute Gasteiger partial charge is 0.303 e. The molecule has 11 heteroatoms. The highest BCUT2D eigenvalue weighted by Gasteiger charge is 2.00. The lowest BCUT2D eigenvalue weighted by molar-refractivity contribution is 0.00818. The number of phosphoric acid groups is 1. The second kappa shape index (κ2) is 13.3. The largest absolute Gasteiger partial charge is 0.466 e. The molecule has 0 saturated heterocycles. The van der Waals surface area contributed by atoms with Crippen LogP contribution in [0.2, 0.25) is 0 Å². The minimum Gasteiger partial charge on any atom is -0.303 e. The zero-order chi connectivity index (χ0) is 8.08. The first-order valence-corrected chi connectivity index (χ1v) is 3.00. The summed E-state index contributed by atoms with van der Waals surface area (Å²) in [6, 6.07) is 0. The predicted octanol–water partition coefficient (Wildman–Crippen LogP) is 0.707. The summed E-state index contributed by atoms with van der Waals surface area (Å²) < 4.78 is 37.9. The quantitative estimate of drug-likeness (QED) is 0.421. The topological polar surface area (TPSA) is 77.8 Å². The van der Waals surface area contributed by atoms with E-state index in [0.29, 0.717) is 0 Å². The Kier molecular flexibility index (Phi) is 33.1. The first-order chi connectivity index (χ1) is 3.73. The van der Waals surface area contributed by atoms with E-state index >= 15 is 0 Å². The van der Waals surface area contributed by atoms with Crippen molar-refractivity contribution in [1.82, 2.24) is 0 Å². The summed E-state index contributed by atoms with van der Waals surface area (Å²) >= 11 is 0. The lowest BCUT2D eigenvalue weighted by atomic mass is 11.6. The summed E-state index contributed by atoms with van der Waals surface area (Å²) in [7, 11) is -4.64. The van der Waals surface area contributed by atoms with Gasteiger partial charge in [0.05, 0.1) is 0 Å². The molecule has 0 aromatic carbocycles. The molecule has 4 nitrogen and oxygen atoms in total. The molecule has 0 radical (unpaired) electrons. The van der Waals surface area contributed by atoms with Crippen LogP contribution in [0.25, 0.3) is 0 Å². The second-order valence-corrected chi connectivity index (χ2v) is 1.79. The van der Waals surface area contributed by atoms with Gasteiger partial charge in [-0.3, -0.25) is 14.1 Å². The Balaban J connectivity index is -0.0000000221. The van der Waals surface area contributed by atoms with Crippen LogP contribution < -0.4 is 0 Å². The molecule has 0 bridgehead atoms. The van der Waals surface area contributed by atoms with Crippen molar-refractivity contribution in [3.05, 3.63) is 0 Å². The van der Waals surface area contributed by atoms with E-state index in [9.17, 15) is 13.2 Å². The molecule has 0 saturated carbocycles.